The van der Waals surface area contributed by atoms with Gasteiger partial charge in [0.25, 0.3) is 5.91 Å². The lowest BCUT2D eigenvalue weighted by Gasteiger charge is -2.30. The Hall–Kier alpha value is -3.58. The van der Waals surface area contributed by atoms with Crippen molar-refractivity contribution in [1.82, 2.24) is 15.5 Å². The van der Waals surface area contributed by atoms with E-state index >= 15 is 0 Å². The van der Waals surface area contributed by atoms with Gasteiger partial charge >= 0.3 is 6.09 Å². The van der Waals surface area contributed by atoms with E-state index in [2.05, 4.69) is 10.6 Å². The van der Waals surface area contributed by atoms with Crippen molar-refractivity contribution in [2.24, 2.45) is 17.6 Å². The quantitative estimate of drug-likeness (QED) is 0.245. The molecule has 5 N–H and O–H groups in total. The van der Waals surface area contributed by atoms with Crippen LogP contribution in [0.2, 0.25) is 0 Å². The Bertz CT molecular complexity index is 1230. The minimum absolute atomic E-state index is 0.114. The van der Waals surface area contributed by atoms with Gasteiger partial charge in [0.15, 0.2) is 6.10 Å². The van der Waals surface area contributed by atoms with Crippen LogP contribution in [-0.2, 0) is 28.6 Å². The summed E-state index contributed by atoms with van der Waals surface area (Å²) in [6.45, 7) is 8.09. The maximum atomic E-state index is 13.7. The maximum Gasteiger partial charge on any atom is 0.405 e. The molecule has 12 nitrogen and oxygen atoms in total. The highest BCUT2D eigenvalue weighted by Crippen LogP contribution is 2.28. The highest BCUT2D eigenvalue weighted by molar-refractivity contribution is 6.23. The van der Waals surface area contributed by atoms with Crippen LogP contribution in [0.4, 0.5) is 4.79 Å². The molecule has 0 aromatic heterocycles. The smallest absolute Gasteiger partial charge is 0.405 e. The zero-order valence-corrected chi connectivity index (χ0v) is 27.0. The van der Waals surface area contributed by atoms with E-state index in [1.807, 2.05) is 32.8 Å². The fourth-order valence-electron chi connectivity index (χ4n) is 5.18. The molecule has 0 saturated heterocycles. The van der Waals surface area contributed by atoms with E-state index in [-0.39, 0.29) is 34.9 Å². The molecule has 2 aliphatic rings. The Morgan fingerprint density at radius 1 is 1.16 bits per heavy atom. The van der Waals surface area contributed by atoms with E-state index in [0.717, 1.165) is 6.08 Å². The molecule has 6 atom stereocenters. The van der Waals surface area contributed by atoms with Crippen LogP contribution in [0.5, 0.6) is 0 Å². The molecule has 244 valence electrons. The van der Waals surface area contributed by atoms with Gasteiger partial charge in [-0.3, -0.25) is 14.4 Å². The fourth-order valence-corrected chi connectivity index (χ4v) is 5.18. The first kappa shape index (κ1) is 36.6. The Morgan fingerprint density at radius 2 is 1.84 bits per heavy atom. The zero-order valence-electron chi connectivity index (χ0n) is 27.0. The summed E-state index contributed by atoms with van der Waals surface area (Å²) in [7, 11) is 6.74. The van der Waals surface area contributed by atoms with Gasteiger partial charge in [-0.1, -0.05) is 38.2 Å². The van der Waals surface area contributed by atoms with Crippen LogP contribution in [0.1, 0.15) is 40.5 Å². The molecule has 0 aromatic rings. The minimum atomic E-state index is -0.997. The number of ether oxygens (including phenoxy) is 3. The Balaban J connectivity index is 2.60. The van der Waals surface area contributed by atoms with E-state index in [1.165, 1.54) is 20.3 Å². The Morgan fingerprint density at radius 3 is 2.43 bits per heavy atom. The van der Waals surface area contributed by atoms with Crippen molar-refractivity contribution in [3.63, 3.8) is 0 Å². The van der Waals surface area contributed by atoms with Crippen molar-refractivity contribution in [3.05, 3.63) is 58.5 Å². The lowest BCUT2D eigenvalue weighted by molar-refractivity contribution is -0.120. The van der Waals surface area contributed by atoms with Crippen molar-refractivity contribution in [2.75, 3.05) is 41.4 Å². The maximum absolute atomic E-state index is 13.7. The number of ketones is 2. The standard InChI is InChI=1S/C32H48N4O8/c1-18-14-22-27(34-12-13-36(5)6)24(37)17-23(29(22)39)35-31(40)19(2)10-9-11-25(42-7)30(44-32(33)41)21(4)16-20(3)28(38)26(15-18)43-8/h9-11,16-18,20,25-26,28,30,34,38H,12-15H2,1-8H3,(H2,33,41)(H,35,40)/t18-,20+,25-,26+,28+,30+/m1/s1. The summed E-state index contributed by atoms with van der Waals surface area (Å²) in [6.07, 6.45) is 3.88. The van der Waals surface area contributed by atoms with Crippen molar-refractivity contribution < 1.29 is 38.5 Å². The average molecular weight is 617 g/mol. The Labute approximate surface area is 260 Å². The van der Waals surface area contributed by atoms with Gasteiger partial charge in [-0.2, -0.15) is 0 Å². The van der Waals surface area contributed by atoms with Gasteiger partial charge in [-0.25, -0.2) is 4.79 Å². The molecular weight excluding hydrogens is 568 g/mol. The molecule has 0 aromatic carbocycles. The first-order chi connectivity index (χ1) is 20.7. The number of fused-ring (bicyclic) bond motifs is 2. The third-order valence-corrected chi connectivity index (χ3v) is 7.65. The lowest BCUT2D eigenvalue weighted by Crippen LogP contribution is -2.38. The molecule has 0 saturated carbocycles. The van der Waals surface area contributed by atoms with Crippen LogP contribution >= 0.6 is 0 Å². The van der Waals surface area contributed by atoms with Gasteiger partial charge in [0.05, 0.1) is 23.6 Å². The summed E-state index contributed by atoms with van der Waals surface area (Å²) in [6, 6.07) is 0. The summed E-state index contributed by atoms with van der Waals surface area (Å²) in [4.78, 5) is 53.7. The first-order valence-corrected chi connectivity index (χ1v) is 14.7. The number of nitrogens with two attached hydrogens (primary N) is 1. The summed E-state index contributed by atoms with van der Waals surface area (Å²) in [5.41, 5.74) is 6.55. The van der Waals surface area contributed by atoms with Crippen molar-refractivity contribution >= 4 is 23.6 Å². The number of nitrogens with one attached hydrogen (secondary N) is 2. The van der Waals surface area contributed by atoms with Crippen molar-refractivity contribution in [2.45, 2.75) is 65.0 Å². The highest BCUT2D eigenvalue weighted by Gasteiger charge is 2.33. The number of primary amides is 1. The minimum Gasteiger partial charge on any atom is -0.439 e. The van der Waals surface area contributed by atoms with E-state index in [4.69, 9.17) is 19.9 Å². The number of hydrogen-bond donors (Lipinski definition) is 4. The number of allylic oxidation sites excluding steroid dienone is 4. The van der Waals surface area contributed by atoms with Crippen LogP contribution in [0.15, 0.2) is 58.5 Å². The molecule has 2 bridgehead atoms. The third-order valence-electron chi connectivity index (χ3n) is 7.65. The molecule has 0 radical (unpaired) electrons. The number of likely N-dealkylation sites (N-methyl/N-ethyl adjacent to an activating group) is 1. The molecule has 12 heteroatoms. The number of amides is 2. The first-order valence-electron chi connectivity index (χ1n) is 14.7. The summed E-state index contributed by atoms with van der Waals surface area (Å²) >= 11 is 0. The predicted octanol–water partition coefficient (Wildman–Crippen LogP) is 1.91. The lowest BCUT2D eigenvalue weighted by atomic mass is 9.85. The number of aliphatic hydroxyl groups is 1. The van der Waals surface area contributed by atoms with E-state index < -0.39 is 53.9 Å². The van der Waals surface area contributed by atoms with Crippen molar-refractivity contribution in [1.29, 1.82) is 0 Å². The number of rotatable bonds is 7. The molecule has 2 rings (SSSR count). The third kappa shape index (κ3) is 10.3. The summed E-state index contributed by atoms with van der Waals surface area (Å²) in [5, 5.41) is 17.0. The normalized spacial score (nSPS) is 27.9. The number of hydrogen-bond acceptors (Lipinski definition) is 10. The second-order valence-electron chi connectivity index (χ2n) is 11.7. The van der Waals surface area contributed by atoms with E-state index in [1.54, 1.807) is 32.1 Å². The largest absolute Gasteiger partial charge is 0.439 e. The number of nitrogens with zero attached hydrogens (tertiary/aromatic N) is 1. The highest BCUT2D eigenvalue weighted by atomic mass is 16.6. The van der Waals surface area contributed by atoms with Gasteiger partial charge in [-0.05, 0) is 52.3 Å². The van der Waals surface area contributed by atoms with Gasteiger partial charge < -0.3 is 40.6 Å². The van der Waals surface area contributed by atoms with Gasteiger partial charge in [0, 0.05) is 50.4 Å². The monoisotopic (exact) mass is 616 g/mol. The fraction of sp³-hybridized carbons (Fsp3) is 0.562. The van der Waals surface area contributed by atoms with Crippen LogP contribution in [0.3, 0.4) is 0 Å². The van der Waals surface area contributed by atoms with Gasteiger partial charge in [-0.15, -0.1) is 0 Å². The number of carbonyl (C=O) groups excluding carboxylic acids is 4. The number of Topliss-reactive ketones (excluding diaryl/α,β-unsaturated/α-hetero) is 1. The summed E-state index contributed by atoms with van der Waals surface area (Å²) < 4.78 is 16.6. The second-order valence-corrected chi connectivity index (χ2v) is 11.7. The van der Waals surface area contributed by atoms with E-state index in [0.29, 0.717) is 25.1 Å². The number of aliphatic hydroxyl groups excluding tert-OH is 1. The molecule has 0 fully saturated rings. The SMILES string of the molecule is CO[C@H]1C[C@H](C)CC2=C(NCCN(C)C)C(=O)C=C(NC(=O)C(C)=CC=C[C@@H](OC)[C@@H](OC(N)=O)C(C)=C[C@H](C)[C@@H]1O)C2=O. The topological polar surface area (TPSA) is 170 Å². The van der Waals surface area contributed by atoms with E-state index in [9.17, 15) is 24.3 Å². The molecule has 1 heterocycles. The van der Waals surface area contributed by atoms with Crippen LogP contribution < -0.4 is 16.4 Å². The average Bonchev–Trinajstić information content (AvgIpc) is 2.95. The van der Waals surface area contributed by atoms with Crippen LogP contribution in [0, 0.1) is 11.8 Å². The molecule has 1 aliphatic carbocycles. The molecule has 44 heavy (non-hydrogen) atoms. The van der Waals surface area contributed by atoms with Crippen LogP contribution in [0.25, 0.3) is 0 Å². The van der Waals surface area contributed by atoms with Crippen molar-refractivity contribution in [3.8, 4) is 0 Å². The predicted molar refractivity (Wildman–Crippen MR) is 166 cm³/mol. The zero-order chi connectivity index (χ0) is 33.1. The molecule has 1 aliphatic heterocycles. The van der Waals surface area contributed by atoms with Gasteiger partial charge in [0.2, 0.25) is 11.6 Å². The second kappa shape index (κ2) is 17.0. The van der Waals surface area contributed by atoms with Gasteiger partial charge in [0.1, 0.15) is 6.10 Å². The molecule has 2 amide bonds. The molecular formula is C32H48N4O8. The summed E-state index contributed by atoms with van der Waals surface area (Å²) in [5.74, 6) is -2.06. The molecule has 0 unspecified atom stereocenters. The number of methoxy groups -OCH3 is 2. The Kier molecular flexibility index (Phi) is 14.2. The number of carbonyl (C=O) groups is 4. The van der Waals surface area contributed by atoms with Crippen LogP contribution in [-0.4, -0.2) is 99.4 Å². The molecule has 0 spiro atoms.